The van der Waals surface area contributed by atoms with E-state index in [4.69, 9.17) is 4.74 Å². The first-order valence-corrected chi connectivity index (χ1v) is 15.2. The molecule has 1 unspecified atom stereocenters. The normalized spacial score (nSPS) is 17.6. The number of hydrazone groups is 1. The second kappa shape index (κ2) is 15.6. The smallest absolute Gasteiger partial charge is 0.306 e. The average Bonchev–Trinajstić information content (AvgIpc) is 2.97. The fourth-order valence-electron chi connectivity index (χ4n) is 5.42. The van der Waals surface area contributed by atoms with Gasteiger partial charge in [-0.25, -0.2) is 0 Å². The molecule has 1 atom stereocenters. The molecule has 1 N–H and O–H groups in total. The number of likely N-dealkylation sites (N-methyl/N-ethyl adjacent to an activating group) is 1. The topological polar surface area (TPSA) is 74.2 Å². The molecule has 2 aromatic rings. The number of benzene rings is 2. The Morgan fingerprint density at radius 3 is 2.50 bits per heavy atom. The van der Waals surface area contributed by atoms with Crippen molar-refractivity contribution >= 4 is 23.8 Å². The van der Waals surface area contributed by atoms with Gasteiger partial charge in [0.25, 0.3) is 5.91 Å². The summed E-state index contributed by atoms with van der Waals surface area (Å²) in [4.78, 5) is 27.6. The van der Waals surface area contributed by atoms with E-state index in [9.17, 15) is 9.59 Å². The molecule has 2 aromatic carbocycles. The van der Waals surface area contributed by atoms with Crippen molar-refractivity contribution in [3.05, 3.63) is 64.7 Å². The molecule has 0 bridgehead atoms. The predicted molar refractivity (Wildman–Crippen MR) is 162 cm³/mol. The van der Waals surface area contributed by atoms with Crippen LogP contribution in [0.1, 0.15) is 85.3 Å². The van der Waals surface area contributed by atoms with Crippen molar-refractivity contribution in [2.24, 2.45) is 11.0 Å². The largest absolute Gasteiger partial charge is 0.466 e. The van der Waals surface area contributed by atoms with Crippen LogP contribution in [0.2, 0.25) is 0 Å². The number of hydrogen-bond acceptors (Lipinski definition) is 6. The van der Waals surface area contributed by atoms with Gasteiger partial charge in [0, 0.05) is 43.9 Å². The van der Waals surface area contributed by atoms with Crippen LogP contribution in [0.5, 0.6) is 0 Å². The lowest BCUT2D eigenvalue weighted by Crippen LogP contribution is -2.41. The van der Waals surface area contributed by atoms with E-state index in [0.717, 1.165) is 69.5 Å². The summed E-state index contributed by atoms with van der Waals surface area (Å²) in [7, 11) is 2.13. The van der Waals surface area contributed by atoms with Crippen LogP contribution in [0.3, 0.4) is 0 Å². The number of aryl methyl sites for hydroxylation is 1. The summed E-state index contributed by atoms with van der Waals surface area (Å²) in [6, 6.07) is 13.7. The molecule has 216 valence electrons. The van der Waals surface area contributed by atoms with Crippen molar-refractivity contribution in [1.82, 2.24) is 9.91 Å². The molecular formula is C33H46N4O3. The Kier molecular flexibility index (Phi) is 11.6. The highest BCUT2D eigenvalue weighted by atomic mass is 16.5. The Bertz CT molecular complexity index is 1120. The maximum Gasteiger partial charge on any atom is 0.306 e. The highest BCUT2D eigenvalue weighted by Gasteiger charge is 2.23. The molecule has 1 aliphatic carbocycles. The van der Waals surface area contributed by atoms with Crippen molar-refractivity contribution in [2.45, 2.75) is 71.1 Å². The molecule has 1 saturated heterocycles. The maximum atomic E-state index is 12.9. The minimum absolute atomic E-state index is 0.0744. The van der Waals surface area contributed by atoms with Gasteiger partial charge in [0.2, 0.25) is 0 Å². The van der Waals surface area contributed by atoms with E-state index in [1.165, 1.54) is 36.8 Å². The number of hydrogen-bond donors (Lipinski definition) is 1. The zero-order valence-corrected chi connectivity index (χ0v) is 24.4. The lowest BCUT2D eigenvalue weighted by atomic mass is 9.81. The van der Waals surface area contributed by atoms with E-state index in [1.54, 1.807) is 0 Å². The van der Waals surface area contributed by atoms with E-state index < -0.39 is 0 Å². The van der Waals surface area contributed by atoms with Gasteiger partial charge in [-0.1, -0.05) is 57.2 Å². The molecule has 0 radical (unpaired) electrons. The standard InChI is InChI=1S/C33H46N4O3/c1-3-4-5-6-7-8-21-40-32(38)23-27-9-12-29-24-30(14-13-28(29)22-27)33(39)35-31-15-10-26(11-16-31)25-34-37-19-17-36(2)18-20-37/h10-11,13-16,24-25,27H,3-9,12,17-23H2,1-2H3,(H,35,39)/b34-25+. The number of carbonyl (C=O) groups is 2. The number of fused-ring (bicyclic) bond motifs is 1. The van der Waals surface area contributed by atoms with Crippen LogP contribution in [-0.2, 0) is 22.4 Å². The van der Waals surface area contributed by atoms with Gasteiger partial charge in [-0.2, -0.15) is 5.10 Å². The number of esters is 1. The van der Waals surface area contributed by atoms with Gasteiger partial charge in [-0.15, -0.1) is 0 Å². The van der Waals surface area contributed by atoms with Gasteiger partial charge >= 0.3 is 5.97 Å². The van der Waals surface area contributed by atoms with Crippen molar-refractivity contribution < 1.29 is 14.3 Å². The van der Waals surface area contributed by atoms with Crippen LogP contribution in [0.25, 0.3) is 0 Å². The lowest BCUT2D eigenvalue weighted by molar-refractivity contribution is -0.145. The molecule has 1 fully saturated rings. The van der Waals surface area contributed by atoms with Crippen LogP contribution in [0.15, 0.2) is 47.6 Å². The van der Waals surface area contributed by atoms with Gasteiger partial charge in [0.1, 0.15) is 0 Å². The molecule has 2 aliphatic rings. The van der Waals surface area contributed by atoms with Crippen LogP contribution in [-0.4, -0.2) is 67.8 Å². The summed E-state index contributed by atoms with van der Waals surface area (Å²) < 4.78 is 5.50. The van der Waals surface area contributed by atoms with Gasteiger partial charge < -0.3 is 15.0 Å². The third kappa shape index (κ3) is 9.47. The second-order valence-corrected chi connectivity index (χ2v) is 11.4. The van der Waals surface area contributed by atoms with Crippen molar-refractivity contribution in [1.29, 1.82) is 0 Å². The molecule has 0 saturated carbocycles. The number of carbonyl (C=O) groups excluding carboxylic acids is 2. The average molecular weight is 547 g/mol. The SMILES string of the molecule is CCCCCCCCOC(=O)CC1CCc2cc(C(=O)Nc3ccc(/C=N/N4CCN(C)CC4)cc3)ccc2C1. The number of piperazine rings is 1. The molecule has 7 heteroatoms. The zero-order valence-electron chi connectivity index (χ0n) is 24.4. The maximum absolute atomic E-state index is 12.9. The highest BCUT2D eigenvalue weighted by molar-refractivity contribution is 6.04. The third-order valence-corrected chi connectivity index (χ3v) is 8.03. The fourth-order valence-corrected chi connectivity index (χ4v) is 5.42. The Labute approximate surface area is 240 Å². The predicted octanol–water partition coefficient (Wildman–Crippen LogP) is 5.92. The summed E-state index contributed by atoms with van der Waals surface area (Å²) >= 11 is 0. The van der Waals surface area contributed by atoms with Crippen LogP contribution in [0.4, 0.5) is 5.69 Å². The van der Waals surface area contributed by atoms with Crippen molar-refractivity contribution in [3.8, 4) is 0 Å². The van der Waals surface area contributed by atoms with E-state index in [1.807, 2.05) is 42.6 Å². The zero-order chi connectivity index (χ0) is 28.2. The second-order valence-electron chi connectivity index (χ2n) is 11.4. The fraction of sp³-hybridized carbons (Fsp3) is 0.545. The molecule has 0 aromatic heterocycles. The molecule has 40 heavy (non-hydrogen) atoms. The summed E-state index contributed by atoms with van der Waals surface area (Å²) in [5.74, 6) is 0.124. The Morgan fingerprint density at radius 1 is 0.975 bits per heavy atom. The monoisotopic (exact) mass is 546 g/mol. The first-order valence-electron chi connectivity index (χ1n) is 15.2. The summed E-state index contributed by atoms with van der Waals surface area (Å²) in [6.45, 7) is 6.69. The molecule has 4 rings (SSSR count). The molecule has 0 spiro atoms. The minimum atomic E-state index is -0.109. The van der Waals surface area contributed by atoms with Crippen LogP contribution in [0, 0.1) is 5.92 Å². The van der Waals surface area contributed by atoms with Gasteiger partial charge in [-0.05, 0) is 79.6 Å². The van der Waals surface area contributed by atoms with Gasteiger partial charge in [0.15, 0.2) is 0 Å². The van der Waals surface area contributed by atoms with Crippen LogP contribution < -0.4 is 5.32 Å². The first-order chi connectivity index (χ1) is 19.5. The summed E-state index contributed by atoms with van der Waals surface area (Å²) in [6.07, 6.45) is 12.2. The van der Waals surface area contributed by atoms with E-state index in [2.05, 4.69) is 40.4 Å². The quantitative estimate of drug-likeness (QED) is 0.192. The number of nitrogens with one attached hydrogen (secondary N) is 1. The minimum Gasteiger partial charge on any atom is -0.466 e. The first kappa shape index (κ1) is 29.8. The number of unbranched alkanes of at least 4 members (excludes halogenated alkanes) is 5. The van der Waals surface area contributed by atoms with Crippen molar-refractivity contribution in [3.63, 3.8) is 0 Å². The van der Waals surface area contributed by atoms with Gasteiger partial charge in [0.05, 0.1) is 12.8 Å². The van der Waals surface area contributed by atoms with Crippen molar-refractivity contribution in [2.75, 3.05) is 45.2 Å². The molecule has 7 nitrogen and oxygen atoms in total. The summed E-state index contributed by atoms with van der Waals surface area (Å²) in [5, 5.41) is 9.69. The number of anilines is 1. The Morgan fingerprint density at radius 2 is 1.73 bits per heavy atom. The number of amides is 1. The Balaban J connectivity index is 1.20. The van der Waals surface area contributed by atoms with E-state index >= 15 is 0 Å². The van der Waals surface area contributed by atoms with Gasteiger partial charge in [-0.3, -0.25) is 14.6 Å². The van der Waals surface area contributed by atoms with E-state index in [0.29, 0.717) is 24.5 Å². The summed E-state index contributed by atoms with van der Waals surface area (Å²) in [5.41, 5.74) is 4.88. The van der Waals surface area contributed by atoms with Crippen LogP contribution >= 0.6 is 0 Å². The lowest BCUT2D eigenvalue weighted by Gasteiger charge is -2.30. The number of nitrogens with zero attached hydrogens (tertiary/aromatic N) is 3. The Hall–Kier alpha value is -3.19. The number of rotatable bonds is 13. The molecular weight excluding hydrogens is 500 g/mol. The third-order valence-electron chi connectivity index (χ3n) is 8.03. The number of ether oxygens (including phenoxy) is 1. The highest BCUT2D eigenvalue weighted by Crippen LogP contribution is 2.29. The van der Waals surface area contributed by atoms with E-state index in [-0.39, 0.29) is 11.9 Å². The molecule has 1 amide bonds. The molecule has 1 heterocycles. The molecule has 1 aliphatic heterocycles.